The second-order valence-corrected chi connectivity index (χ2v) is 5.92. The third kappa shape index (κ3) is 2.50. The molecule has 21 heavy (non-hydrogen) atoms. The SMILES string of the molecule is COC(=O)[C@H]1[C@H]2CC[C@@H](C2)[C@@H]1NC(=O)c1cnc(C)cn1. The number of aromatic nitrogens is 2. The highest BCUT2D eigenvalue weighted by atomic mass is 16.5. The lowest BCUT2D eigenvalue weighted by molar-refractivity contribution is -0.148. The Morgan fingerprint density at radius 3 is 2.67 bits per heavy atom. The number of hydrogen-bond donors (Lipinski definition) is 1. The maximum absolute atomic E-state index is 12.3. The Morgan fingerprint density at radius 2 is 2.00 bits per heavy atom. The molecule has 2 aliphatic rings. The van der Waals surface area contributed by atoms with Gasteiger partial charge in [0.15, 0.2) is 0 Å². The minimum absolute atomic E-state index is 0.146. The molecule has 1 amide bonds. The Hall–Kier alpha value is -1.98. The largest absolute Gasteiger partial charge is 0.469 e. The van der Waals surface area contributed by atoms with Crippen LogP contribution in [0, 0.1) is 24.7 Å². The van der Waals surface area contributed by atoms with E-state index in [9.17, 15) is 9.59 Å². The van der Waals surface area contributed by atoms with Crippen LogP contribution in [-0.2, 0) is 9.53 Å². The summed E-state index contributed by atoms with van der Waals surface area (Å²) in [6, 6.07) is -0.146. The summed E-state index contributed by atoms with van der Waals surface area (Å²) in [5, 5.41) is 2.97. The van der Waals surface area contributed by atoms with Crippen LogP contribution in [0.5, 0.6) is 0 Å². The first-order valence-corrected chi connectivity index (χ1v) is 7.27. The van der Waals surface area contributed by atoms with Crippen LogP contribution >= 0.6 is 0 Å². The number of rotatable bonds is 3. The number of aryl methyl sites for hydroxylation is 1. The quantitative estimate of drug-likeness (QED) is 0.843. The molecule has 0 aliphatic heterocycles. The summed E-state index contributed by atoms with van der Waals surface area (Å²) in [7, 11) is 1.40. The lowest BCUT2D eigenvalue weighted by Crippen LogP contribution is -2.47. The van der Waals surface area contributed by atoms with E-state index in [0.717, 1.165) is 25.0 Å². The maximum atomic E-state index is 12.3. The standard InChI is InChI=1S/C15H19N3O3/c1-8-6-17-11(7-16-8)14(19)18-13-10-4-3-9(5-10)12(13)15(20)21-2/h6-7,9-10,12-13H,3-5H2,1-2H3,(H,18,19)/t9-,10-,12-,13-/m0/s1. The predicted molar refractivity (Wildman–Crippen MR) is 74.4 cm³/mol. The molecule has 1 aromatic rings. The number of hydrogen-bond acceptors (Lipinski definition) is 5. The molecule has 2 fully saturated rings. The van der Waals surface area contributed by atoms with Crippen LogP contribution in [-0.4, -0.2) is 35.0 Å². The van der Waals surface area contributed by atoms with Crippen molar-refractivity contribution in [2.24, 2.45) is 17.8 Å². The van der Waals surface area contributed by atoms with E-state index < -0.39 is 0 Å². The first-order chi connectivity index (χ1) is 10.1. The number of nitrogens with zero attached hydrogens (tertiary/aromatic N) is 2. The van der Waals surface area contributed by atoms with Crippen LogP contribution < -0.4 is 5.32 Å². The number of nitrogens with one attached hydrogen (secondary N) is 1. The van der Waals surface area contributed by atoms with Gasteiger partial charge in [-0.05, 0) is 38.0 Å². The Balaban J connectivity index is 1.75. The summed E-state index contributed by atoms with van der Waals surface area (Å²) in [6.45, 7) is 1.82. The summed E-state index contributed by atoms with van der Waals surface area (Å²) in [5.41, 5.74) is 1.05. The van der Waals surface area contributed by atoms with Crippen molar-refractivity contribution in [2.45, 2.75) is 32.2 Å². The molecule has 0 unspecified atom stereocenters. The summed E-state index contributed by atoms with van der Waals surface area (Å²) in [4.78, 5) is 32.4. The smallest absolute Gasteiger partial charge is 0.311 e. The number of amides is 1. The molecule has 6 nitrogen and oxygen atoms in total. The number of fused-ring (bicyclic) bond motifs is 2. The highest BCUT2D eigenvalue weighted by Crippen LogP contribution is 2.48. The number of esters is 1. The van der Waals surface area contributed by atoms with E-state index in [0.29, 0.717) is 11.8 Å². The van der Waals surface area contributed by atoms with Gasteiger partial charge < -0.3 is 10.1 Å². The van der Waals surface area contributed by atoms with Crippen molar-refractivity contribution in [3.8, 4) is 0 Å². The van der Waals surface area contributed by atoms with Gasteiger partial charge in [-0.2, -0.15) is 0 Å². The molecule has 2 saturated carbocycles. The Morgan fingerprint density at radius 1 is 1.24 bits per heavy atom. The van der Waals surface area contributed by atoms with Crippen LogP contribution in [0.3, 0.4) is 0 Å². The molecule has 112 valence electrons. The molecule has 6 heteroatoms. The van der Waals surface area contributed by atoms with Gasteiger partial charge in [0, 0.05) is 12.2 Å². The zero-order chi connectivity index (χ0) is 15.0. The summed E-state index contributed by atoms with van der Waals surface area (Å²) in [6.07, 6.45) is 6.12. The highest BCUT2D eigenvalue weighted by molar-refractivity contribution is 5.92. The third-order valence-electron chi connectivity index (χ3n) is 4.70. The minimum Gasteiger partial charge on any atom is -0.469 e. The average Bonchev–Trinajstić information content (AvgIpc) is 3.08. The zero-order valence-electron chi connectivity index (χ0n) is 12.2. The molecule has 2 bridgehead atoms. The van der Waals surface area contributed by atoms with Crippen molar-refractivity contribution in [2.75, 3.05) is 7.11 Å². The van der Waals surface area contributed by atoms with Crippen LogP contribution in [0.4, 0.5) is 0 Å². The molecular weight excluding hydrogens is 270 g/mol. The lowest BCUT2D eigenvalue weighted by Gasteiger charge is -2.29. The van der Waals surface area contributed by atoms with E-state index >= 15 is 0 Å². The third-order valence-corrected chi connectivity index (χ3v) is 4.70. The van der Waals surface area contributed by atoms with Gasteiger partial charge in [-0.3, -0.25) is 14.6 Å². The topological polar surface area (TPSA) is 81.2 Å². The Bertz CT molecular complexity index is 558. The van der Waals surface area contributed by atoms with Crippen molar-refractivity contribution in [3.63, 3.8) is 0 Å². The van der Waals surface area contributed by atoms with Gasteiger partial charge in [-0.25, -0.2) is 4.98 Å². The van der Waals surface area contributed by atoms with Crippen molar-refractivity contribution >= 4 is 11.9 Å². The fraction of sp³-hybridized carbons (Fsp3) is 0.600. The molecule has 1 aromatic heterocycles. The molecule has 2 aliphatic carbocycles. The monoisotopic (exact) mass is 289 g/mol. The Labute approximate surface area is 123 Å². The average molecular weight is 289 g/mol. The van der Waals surface area contributed by atoms with Gasteiger partial charge in [0.2, 0.25) is 0 Å². The van der Waals surface area contributed by atoms with E-state index in [-0.39, 0.29) is 29.5 Å². The molecule has 4 atom stereocenters. The van der Waals surface area contributed by atoms with Crippen molar-refractivity contribution in [1.29, 1.82) is 0 Å². The maximum Gasteiger partial charge on any atom is 0.311 e. The van der Waals surface area contributed by atoms with Crippen molar-refractivity contribution in [1.82, 2.24) is 15.3 Å². The van der Waals surface area contributed by atoms with Gasteiger partial charge in [0.05, 0.1) is 24.9 Å². The summed E-state index contributed by atoms with van der Waals surface area (Å²) < 4.78 is 4.90. The minimum atomic E-state index is -0.269. The van der Waals surface area contributed by atoms with Gasteiger partial charge in [0.25, 0.3) is 5.91 Å². The molecule has 3 rings (SSSR count). The second kappa shape index (κ2) is 5.42. The van der Waals surface area contributed by atoms with Crippen LogP contribution in [0.15, 0.2) is 12.4 Å². The molecule has 1 N–H and O–H groups in total. The fourth-order valence-corrected chi connectivity index (χ4v) is 3.71. The molecule has 0 saturated heterocycles. The zero-order valence-corrected chi connectivity index (χ0v) is 12.2. The van der Waals surface area contributed by atoms with E-state index in [1.54, 1.807) is 6.20 Å². The van der Waals surface area contributed by atoms with Crippen LogP contribution in [0.1, 0.15) is 35.4 Å². The molecule has 1 heterocycles. The lowest BCUT2D eigenvalue weighted by atomic mass is 9.84. The second-order valence-electron chi connectivity index (χ2n) is 5.92. The Kier molecular flexibility index (Phi) is 3.61. The summed E-state index contributed by atoms with van der Waals surface area (Å²) in [5.74, 6) is -0.0224. The number of methoxy groups -OCH3 is 1. The number of carbonyl (C=O) groups excluding carboxylic acids is 2. The summed E-state index contributed by atoms with van der Waals surface area (Å²) >= 11 is 0. The molecule has 0 radical (unpaired) electrons. The molecular formula is C15H19N3O3. The van der Waals surface area contributed by atoms with Gasteiger partial charge in [0.1, 0.15) is 5.69 Å². The van der Waals surface area contributed by atoms with Crippen LogP contribution in [0.2, 0.25) is 0 Å². The fourth-order valence-electron chi connectivity index (χ4n) is 3.71. The van der Waals surface area contributed by atoms with E-state index in [1.807, 2.05) is 6.92 Å². The van der Waals surface area contributed by atoms with Crippen molar-refractivity contribution < 1.29 is 14.3 Å². The van der Waals surface area contributed by atoms with E-state index in [1.165, 1.54) is 13.3 Å². The normalized spacial score (nSPS) is 30.2. The van der Waals surface area contributed by atoms with Gasteiger partial charge in [-0.15, -0.1) is 0 Å². The predicted octanol–water partition coefficient (Wildman–Crippen LogP) is 1.10. The molecule has 0 spiro atoms. The molecule has 0 aromatic carbocycles. The number of carbonyl (C=O) groups is 2. The van der Waals surface area contributed by atoms with Crippen molar-refractivity contribution in [3.05, 3.63) is 23.8 Å². The first-order valence-electron chi connectivity index (χ1n) is 7.27. The van der Waals surface area contributed by atoms with Gasteiger partial charge >= 0.3 is 5.97 Å². The highest BCUT2D eigenvalue weighted by Gasteiger charge is 2.52. The van der Waals surface area contributed by atoms with Gasteiger partial charge in [-0.1, -0.05) is 0 Å². The van der Waals surface area contributed by atoms with E-state index in [2.05, 4.69) is 15.3 Å². The van der Waals surface area contributed by atoms with E-state index in [4.69, 9.17) is 4.74 Å². The number of ether oxygens (including phenoxy) is 1. The van der Waals surface area contributed by atoms with Crippen LogP contribution in [0.25, 0.3) is 0 Å². The first kappa shape index (κ1) is 14.0.